The van der Waals surface area contributed by atoms with Gasteiger partial charge in [-0.2, -0.15) is 4.98 Å². The average Bonchev–Trinajstić information content (AvgIpc) is 2.36. The van der Waals surface area contributed by atoms with Crippen molar-refractivity contribution in [2.24, 2.45) is 5.84 Å². The van der Waals surface area contributed by atoms with Gasteiger partial charge in [0.2, 0.25) is 5.88 Å². The van der Waals surface area contributed by atoms with E-state index in [0.717, 1.165) is 15.6 Å². The number of hydrazine groups is 1. The first-order valence-electron chi connectivity index (χ1n) is 5.77. The van der Waals surface area contributed by atoms with E-state index in [9.17, 15) is 0 Å². The second kappa shape index (κ2) is 5.54. The molecule has 19 heavy (non-hydrogen) atoms. The van der Waals surface area contributed by atoms with Crippen LogP contribution in [0.15, 0.2) is 22.7 Å². The lowest BCUT2D eigenvalue weighted by Gasteiger charge is -2.12. The smallest absolute Gasteiger partial charge is 0.227 e. The summed E-state index contributed by atoms with van der Waals surface area (Å²) in [6, 6.07) is 5.86. The number of aromatic nitrogens is 2. The third-order valence-electron chi connectivity index (χ3n) is 2.64. The summed E-state index contributed by atoms with van der Waals surface area (Å²) in [4.78, 5) is 8.48. The fourth-order valence-corrected chi connectivity index (χ4v) is 2.21. The molecule has 0 bridgehead atoms. The van der Waals surface area contributed by atoms with Crippen LogP contribution in [0.25, 0.3) is 0 Å². The van der Waals surface area contributed by atoms with E-state index in [1.54, 1.807) is 6.92 Å². The zero-order chi connectivity index (χ0) is 14.0. The molecule has 0 unspecified atom stereocenters. The summed E-state index contributed by atoms with van der Waals surface area (Å²) in [6.07, 6.45) is 0. The molecule has 1 heterocycles. The zero-order valence-electron chi connectivity index (χ0n) is 11.0. The molecule has 0 aliphatic rings. The lowest BCUT2D eigenvalue weighted by Crippen LogP contribution is -2.12. The van der Waals surface area contributed by atoms with E-state index in [1.165, 1.54) is 0 Å². The van der Waals surface area contributed by atoms with Gasteiger partial charge in [-0.25, -0.2) is 10.8 Å². The summed E-state index contributed by atoms with van der Waals surface area (Å²) in [7, 11) is 0. The van der Waals surface area contributed by atoms with Crippen LogP contribution < -0.4 is 16.0 Å². The number of nitrogens with zero attached hydrogens (tertiary/aromatic N) is 2. The Bertz CT molecular complexity index is 616. The molecule has 0 amide bonds. The maximum absolute atomic E-state index is 5.82. The Kier molecular flexibility index (Phi) is 4.01. The van der Waals surface area contributed by atoms with Gasteiger partial charge in [-0.3, -0.25) is 0 Å². The van der Waals surface area contributed by atoms with Crippen LogP contribution in [-0.4, -0.2) is 9.97 Å². The summed E-state index contributed by atoms with van der Waals surface area (Å²) in [5.41, 5.74) is 4.46. The minimum atomic E-state index is 0.491. The van der Waals surface area contributed by atoms with Gasteiger partial charge in [0.25, 0.3) is 0 Å². The molecule has 0 radical (unpaired) electrons. The molecule has 0 saturated carbocycles. The second-order valence-corrected chi connectivity index (χ2v) is 5.08. The van der Waals surface area contributed by atoms with Gasteiger partial charge in [0.05, 0.1) is 10.0 Å². The van der Waals surface area contributed by atoms with Crippen LogP contribution in [-0.2, 0) is 0 Å². The number of nitrogens with two attached hydrogens (primary N) is 1. The number of nitrogen functional groups attached to an aromatic ring is 1. The van der Waals surface area contributed by atoms with Gasteiger partial charge in [0.15, 0.2) is 0 Å². The highest BCUT2D eigenvalue weighted by Gasteiger charge is 2.12. The number of benzene rings is 1. The first-order valence-corrected chi connectivity index (χ1v) is 6.56. The van der Waals surface area contributed by atoms with Crippen molar-refractivity contribution in [3.05, 3.63) is 39.6 Å². The van der Waals surface area contributed by atoms with E-state index in [4.69, 9.17) is 10.6 Å². The van der Waals surface area contributed by atoms with Crippen molar-refractivity contribution in [2.45, 2.75) is 20.8 Å². The normalized spacial score (nSPS) is 10.4. The number of hydrogen-bond acceptors (Lipinski definition) is 5. The van der Waals surface area contributed by atoms with E-state index in [0.29, 0.717) is 23.3 Å². The van der Waals surface area contributed by atoms with Crippen LogP contribution in [0.4, 0.5) is 5.82 Å². The van der Waals surface area contributed by atoms with E-state index in [-0.39, 0.29) is 0 Å². The standard InChI is InChI=1S/C13H15BrN4O/c1-7-4-5-11(10(14)6-7)19-13-8(2)12(18-15)16-9(3)17-13/h4-6H,15H2,1-3H3,(H,16,17,18). The van der Waals surface area contributed by atoms with Crippen LogP contribution >= 0.6 is 15.9 Å². The molecule has 3 N–H and O–H groups in total. The maximum atomic E-state index is 5.82. The average molecular weight is 323 g/mol. The number of rotatable bonds is 3. The largest absolute Gasteiger partial charge is 0.437 e. The fraction of sp³-hybridized carbons (Fsp3) is 0.231. The number of hydrogen-bond donors (Lipinski definition) is 2. The maximum Gasteiger partial charge on any atom is 0.227 e. The molecule has 0 fully saturated rings. The number of ether oxygens (including phenoxy) is 1. The molecular weight excluding hydrogens is 308 g/mol. The van der Waals surface area contributed by atoms with Crippen molar-refractivity contribution in [1.82, 2.24) is 9.97 Å². The van der Waals surface area contributed by atoms with Crippen molar-refractivity contribution in [3.63, 3.8) is 0 Å². The van der Waals surface area contributed by atoms with Crippen molar-refractivity contribution in [2.75, 3.05) is 5.43 Å². The number of anilines is 1. The molecule has 0 spiro atoms. The van der Waals surface area contributed by atoms with Crippen molar-refractivity contribution >= 4 is 21.7 Å². The molecule has 1 aromatic heterocycles. The summed E-state index contributed by atoms with van der Waals surface area (Å²) in [5.74, 6) is 7.78. The molecule has 0 aliphatic heterocycles. The first kappa shape index (κ1) is 13.8. The molecular formula is C13H15BrN4O. The van der Waals surface area contributed by atoms with Crippen LogP contribution in [0.2, 0.25) is 0 Å². The molecule has 5 nitrogen and oxygen atoms in total. The van der Waals surface area contributed by atoms with E-state index in [1.807, 2.05) is 32.0 Å². The van der Waals surface area contributed by atoms with E-state index < -0.39 is 0 Å². The van der Waals surface area contributed by atoms with Crippen LogP contribution in [0.5, 0.6) is 11.6 Å². The van der Waals surface area contributed by atoms with Gasteiger partial charge in [0, 0.05) is 0 Å². The topological polar surface area (TPSA) is 73.1 Å². The number of aryl methyl sites for hydroxylation is 2. The molecule has 2 rings (SSSR count). The highest BCUT2D eigenvalue weighted by Crippen LogP contribution is 2.32. The highest BCUT2D eigenvalue weighted by molar-refractivity contribution is 9.10. The molecule has 0 saturated heterocycles. The zero-order valence-corrected chi connectivity index (χ0v) is 12.6. The third-order valence-corrected chi connectivity index (χ3v) is 3.26. The molecule has 100 valence electrons. The van der Waals surface area contributed by atoms with Gasteiger partial charge >= 0.3 is 0 Å². The molecule has 0 atom stereocenters. The fourth-order valence-electron chi connectivity index (χ4n) is 1.64. The summed E-state index contributed by atoms with van der Waals surface area (Å²) >= 11 is 3.47. The Hall–Kier alpha value is -1.66. The van der Waals surface area contributed by atoms with Crippen molar-refractivity contribution in [1.29, 1.82) is 0 Å². The summed E-state index contributed by atoms with van der Waals surface area (Å²) < 4.78 is 6.70. The molecule has 6 heteroatoms. The summed E-state index contributed by atoms with van der Waals surface area (Å²) in [5, 5.41) is 0. The quantitative estimate of drug-likeness (QED) is 0.670. The lowest BCUT2D eigenvalue weighted by atomic mass is 10.2. The Morgan fingerprint density at radius 1 is 1.21 bits per heavy atom. The predicted molar refractivity (Wildman–Crippen MR) is 78.3 cm³/mol. The minimum Gasteiger partial charge on any atom is -0.437 e. The number of halogens is 1. The van der Waals surface area contributed by atoms with E-state index in [2.05, 4.69) is 31.3 Å². The monoisotopic (exact) mass is 322 g/mol. The first-order chi connectivity index (χ1) is 9.01. The van der Waals surface area contributed by atoms with Crippen LogP contribution in [0, 0.1) is 20.8 Å². The van der Waals surface area contributed by atoms with Gasteiger partial charge < -0.3 is 10.2 Å². The second-order valence-electron chi connectivity index (χ2n) is 4.23. The molecule has 0 aliphatic carbocycles. The Balaban J connectivity index is 2.40. The van der Waals surface area contributed by atoms with Gasteiger partial charge in [0.1, 0.15) is 17.4 Å². The van der Waals surface area contributed by atoms with Crippen molar-refractivity contribution < 1.29 is 4.74 Å². The van der Waals surface area contributed by atoms with Gasteiger partial charge in [-0.15, -0.1) is 0 Å². The predicted octanol–water partition coefficient (Wildman–Crippen LogP) is 3.24. The van der Waals surface area contributed by atoms with Crippen LogP contribution in [0.1, 0.15) is 17.0 Å². The Morgan fingerprint density at radius 3 is 2.58 bits per heavy atom. The van der Waals surface area contributed by atoms with E-state index >= 15 is 0 Å². The highest BCUT2D eigenvalue weighted by atomic mass is 79.9. The molecule has 1 aromatic carbocycles. The van der Waals surface area contributed by atoms with Crippen LogP contribution in [0.3, 0.4) is 0 Å². The molecule has 2 aromatic rings. The Labute approximate surface area is 120 Å². The lowest BCUT2D eigenvalue weighted by molar-refractivity contribution is 0.453. The number of nitrogens with one attached hydrogen (secondary N) is 1. The third kappa shape index (κ3) is 3.02. The van der Waals surface area contributed by atoms with Crippen molar-refractivity contribution in [3.8, 4) is 11.6 Å². The van der Waals surface area contributed by atoms with Gasteiger partial charge in [-0.05, 0) is 54.4 Å². The minimum absolute atomic E-state index is 0.491. The Morgan fingerprint density at radius 2 is 1.95 bits per heavy atom. The summed E-state index contributed by atoms with van der Waals surface area (Å²) in [6.45, 7) is 5.66. The SMILES string of the molecule is Cc1ccc(Oc2nc(C)nc(NN)c2C)c(Br)c1. The van der Waals surface area contributed by atoms with Gasteiger partial charge in [-0.1, -0.05) is 6.07 Å².